The smallest absolute Gasteiger partial charge is 0.464 e. The summed E-state index contributed by atoms with van der Waals surface area (Å²) in [7, 11) is 0. The number of alkyl halides is 5. The number of nitrogens with one attached hydrogen (secondary N) is 2. The average molecular weight is 626 g/mol. The Balaban J connectivity index is 2.35. The Bertz CT molecular complexity index is 1040. The highest BCUT2D eigenvalue weighted by molar-refractivity contribution is 6.18. The second-order valence-corrected chi connectivity index (χ2v) is 10.3. The lowest BCUT2D eigenvalue weighted by Crippen LogP contribution is -2.57. The Labute approximate surface area is 248 Å². The van der Waals surface area contributed by atoms with Crippen molar-refractivity contribution in [1.29, 1.82) is 0 Å². The fourth-order valence-electron chi connectivity index (χ4n) is 4.67. The number of nitrogens with zero attached hydrogens (tertiary/aromatic N) is 2. The molecule has 0 unspecified atom stereocenters. The molecule has 1 heterocycles. The van der Waals surface area contributed by atoms with Crippen LogP contribution in [0.3, 0.4) is 0 Å². The van der Waals surface area contributed by atoms with Crippen molar-refractivity contribution in [3.8, 4) is 0 Å². The first-order valence-corrected chi connectivity index (χ1v) is 14.6. The number of rotatable bonds is 15. The third-order valence-electron chi connectivity index (χ3n) is 6.58. The number of benzene rings is 1. The number of halogens is 5. The molecule has 0 bridgehead atoms. The third-order valence-corrected chi connectivity index (χ3v) is 6.92. The minimum Gasteiger partial charge on any atom is -0.464 e. The molecule has 3 atom stereocenters. The van der Waals surface area contributed by atoms with Crippen molar-refractivity contribution in [2.24, 2.45) is 0 Å². The summed E-state index contributed by atoms with van der Waals surface area (Å²) >= 11 is 11.9. The van der Waals surface area contributed by atoms with Crippen LogP contribution in [0.1, 0.15) is 45.1 Å². The van der Waals surface area contributed by atoms with Crippen LogP contribution in [0.25, 0.3) is 0 Å². The molecule has 9 nitrogen and oxygen atoms in total. The van der Waals surface area contributed by atoms with Gasteiger partial charge in [-0.2, -0.15) is 13.2 Å². The molecular weight excluding hydrogens is 588 g/mol. The van der Waals surface area contributed by atoms with Crippen molar-refractivity contribution in [3.63, 3.8) is 0 Å². The summed E-state index contributed by atoms with van der Waals surface area (Å²) in [6.45, 7) is 4.36. The van der Waals surface area contributed by atoms with E-state index in [9.17, 15) is 32.3 Å². The van der Waals surface area contributed by atoms with Gasteiger partial charge in [-0.05, 0) is 43.9 Å². The van der Waals surface area contributed by atoms with Crippen molar-refractivity contribution >= 4 is 52.6 Å². The Morgan fingerprint density at radius 2 is 1.78 bits per heavy atom. The van der Waals surface area contributed by atoms with Gasteiger partial charge in [-0.3, -0.25) is 14.4 Å². The fourth-order valence-corrected chi connectivity index (χ4v) is 5.07. The summed E-state index contributed by atoms with van der Waals surface area (Å²) < 4.78 is 44.5. The quantitative estimate of drug-likeness (QED) is 0.229. The lowest BCUT2D eigenvalue weighted by atomic mass is 10.0. The SMILES string of the molecule is CCC[C@H](NC(=O)[C@H](Cc1cccc(N(CCCl)CCCl)c1)NC(=O)[C@@H]1CCCN1C(=O)C(F)(F)F)C(=O)OCC. The minimum atomic E-state index is -5.13. The molecule has 0 aliphatic carbocycles. The zero-order valence-corrected chi connectivity index (χ0v) is 24.7. The third kappa shape index (κ3) is 10.2. The van der Waals surface area contributed by atoms with Crippen molar-refractivity contribution in [2.45, 2.75) is 70.3 Å². The van der Waals surface area contributed by atoms with Gasteiger partial charge in [0.15, 0.2) is 0 Å². The van der Waals surface area contributed by atoms with Crippen LogP contribution in [0.15, 0.2) is 24.3 Å². The first-order valence-electron chi connectivity index (χ1n) is 13.6. The van der Waals surface area contributed by atoms with Gasteiger partial charge in [-0.1, -0.05) is 25.5 Å². The Morgan fingerprint density at radius 1 is 1.10 bits per heavy atom. The van der Waals surface area contributed by atoms with E-state index in [2.05, 4.69) is 10.6 Å². The highest BCUT2D eigenvalue weighted by atomic mass is 35.5. The highest BCUT2D eigenvalue weighted by Crippen LogP contribution is 2.26. The summed E-state index contributed by atoms with van der Waals surface area (Å²) in [5.41, 5.74) is 1.41. The largest absolute Gasteiger partial charge is 0.471 e. The lowest BCUT2D eigenvalue weighted by molar-refractivity contribution is -0.186. The van der Waals surface area contributed by atoms with Crippen molar-refractivity contribution in [3.05, 3.63) is 29.8 Å². The molecule has 2 N–H and O–H groups in total. The maximum Gasteiger partial charge on any atom is 0.471 e. The van der Waals surface area contributed by atoms with Crippen LogP contribution < -0.4 is 15.5 Å². The van der Waals surface area contributed by atoms with E-state index in [1.165, 1.54) is 0 Å². The minimum absolute atomic E-state index is 0.0184. The number of amides is 3. The van der Waals surface area contributed by atoms with E-state index in [1.54, 1.807) is 25.1 Å². The molecule has 2 rings (SSSR count). The first kappa shape index (κ1) is 34.5. The number of carbonyl (C=O) groups excluding carboxylic acids is 4. The molecule has 0 radical (unpaired) electrons. The molecule has 1 aliphatic heterocycles. The summed E-state index contributed by atoms with van der Waals surface area (Å²) in [6.07, 6.45) is -4.12. The fraction of sp³-hybridized carbons (Fsp3) is 0.630. The topological polar surface area (TPSA) is 108 Å². The maximum absolute atomic E-state index is 13.5. The number of hydrogen-bond acceptors (Lipinski definition) is 6. The van der Waals surface area contributed by atoms with Crippen molar-refractivity contribution in [1.82, 2.24) is 15.5 Å². The van der Waals surface area contributed by atoms with Crippen LogP contribution in [-0.2, 0) is 30.3 Å². The zero-order valence-electron chi connectivity index (χ0n) is 23.1. The van der Waals surface area contributed by atoms with Crippen LogP contribution in [-0.4, -0.2) is 90.9 Å². The number of hydrogen-bond donors (Lipinski definition) is 2. The highest BCUT2D eigenvalue weighted by Gasteiger charge is 2.48. The predicted octanol–water partition coefficient (Wildman–Crippen LogP) is 3.40. The molecule has 3 amide bonds. The molecule has 0 saturated carbocycles. The second kappa shape index (κ2) is 16.6. The van der Waals surface area contributed by atoms with Crippen LogP contribution in [0.2, 0.25) is 0 Å². The molecule has 0 spiro atoms. The molecule has 1 aliphatic rings. The van der Waals surface area contributed by atoms with Gasteiger partial charge in [0.05, 0.1) is 6.61 Å². The Hall–Kier alpha value is -2.73. The van der Waals surface area contributed by atoms with Crippen LogP contribution in [0.5, 0.6) is 0 Å². The molecule has 41 heavy (non-hydrogen) atoms. The summed E-state index contributed by atoms with van der Waals surface area (Å²) in [5, 5.41) is 5.16. The van der Waals surface area contributed by atoms with Crippen LogP contribution in [0, 0.1) is 0 Å². The van der Waals surface area contributed by atoms with E-state index in [0.717, 1.165) is 5.69 Å². The Morgan fingerprint density at radius 3 is 2.37 bits per heavy atom. The normalized spacial score (nSPS) is 16.6. The van der Waals surface area contributed by atoms with Crippen LogP contribution in [0.4, 0.5) is 18.9 Å². The molecule has 14 heteroatoms. The molecule has 1 aromatic rings. The van der Waals surface area contributed by atoms with Gasteiger partial charge in [0.1, 0.15) is 18.1 Å². The van der Waals surface area contributed by atoms with E-state index >= 15 is 0 Å². The number of likely N-dealkylation sites (tertiary alicyclic amines) is 1. The summed E-state index contributed by atoms with van der Waals surface area (Å²) in [6, 6.07) is 3.52. The number of esters is 1. The van der Waals surface area contributed by atoms with Gasteiger partial charge in [0, 0.05) is 43.5 Å². The van der Waals surface area contributed by atoms with E-state index in [-0.39, 0.29) is 38.8 Å². The average Bonchev–Trinajstić information content (AvgIpc) is 3.41. The summed E-state index contributed by atoms with van der Waals surface area (Å²) in [5.74, 6) is -3.63. The number of carbonyl (C=O) groups is 4. The van der Waals surface area contributed by atoms with E-state index in [1.807, 2.05) is 17.9 Å². The molecular formula is C27H37Cl2F3N4O5. The molecule has 1 fully saturated rings. The van der Waals surface area contributed by atoms with E-state index < -0.39 is 48.0 Å². The molecule has 0 aromatic heterocycles. The van der Waals surface area contributed by atoms with Crippen LogP contribution >= 0.6 is 23.2 Å². The molecule has 230 valence electrons. The lowest BCUT2D eigenvalue weighted by Gasteiger charge is -2.28. The van der Waals surface area contributed by atoms with Gasteiger partial charge in [0.25, 0.3) is 0 Å². The number of ether oxygens (including phenoxy) is 1. The van der Waals surface area contributed by atoms with Crippen molar-refractivity contribution < 1.29 is 37.1 Å². The van der Waals surface area contributed by atoms with E-state index in [4.69, 9.17) is 27.9 Å². The molecule has 1 saturated heterocycles. The number of anilines is 1. The van der Waals surface area contributed by atoms with Crippen molar-refractivity contribution in [2.75, 3.05) is 42.9 Å². The predicted molar refractivity (Wildman–Crippen MR) is 150 cm³/mol. The van der Waals surface area contributed by atoms with Gasteiger partial charge < -0.3 is 25.2 Å². The van der Waals surface area contributed by atoms with Gasteiger partial charge in [0.2, 0.25) is 11.8 Å². The Kier molecular flexibility index (Phi) is 14.0. The van der Waals surface area contributed by atoms with Gasteiger partial charge in [-0.25, -0.2) is 4.79 Å². The zero-order chi connectivity index (χ0) is 30.6. The van der Waals surface area contributed by atoms with E-state index in [0.29, 0.717) is 41.7 Å². The first-order chi connectivity index (χ1) is 19.5. The standard InChI is InChI=1S/C27H37Cl2F3N4O5/c1-3-7-20(25(39)41-4-2)33-23(37)21(17-18-8-5-9-19(16-18)35(14-11-28)15-12-29)34-24(38)22-10-6-13-36(22)26(40)27(30,31)32/h5,8-9,16,20-22H,3-4,6-7,10-15,17H2,1-2H3,(H,33,37)(H,34,38)/t20-,21-,22-/m0/s1. The second-order valence-electron chi connectivity index (χ2n) is 9.56. The summed E-state index contributed by atoms with van der Waals surface area (Å²) in [4.78, 5) is 53.4. The maximum atomic E-state index is 13.5. The van der Waals surface area contributed by atoms with Gasteiger partial charge in [-0.15, -0.1) is 23.2 Å². The monoisotopic (exact) mass is 624 g/mol. The van der Waals surface area contributed by atoms with Gasteiger partial charge >= 0.3 is 18.1 Å². The molecule has 1 aromatic carbocycles.